The number of fused-ring (bicyclic) bond motifs is 3. The van der Waals surface area contributed by atoms with E-state index in [0.717, 1.165) is 15.8 Å². The molecule has 0 saturated heterocycles. The first-order valence-corrected chi connectivity index (χ1v) is 10.1. The number of nitrogens with zero attached hydrogens (tertiary/aromatic N) is 5. The molecule has 166 valence electrons. The van der Waals surface area contributed by atoms with E-state index in [2.05, 4.69) is 4.98 Å². The van der Waals surface area contributed by atoms with E-state index in [4.69, 9.17) is 10.5 Å². The number of carbonyl (C=O) groups excluding carboxylic acids is 1. The molecule has 2 N–H and O–H groups in total. The zero-order valence-electron chi connectivity index (χ0n) is 17.9. The molecule has 0 aliphatic rings. The fraction of sp³-hybridized carbons (Fsp3) is 0.130. The number of methoxy groups -OCH3 is 1. The number of rotatable bonds is 5. The molecule has 33 heavy (non-hydrogen) atoms. The summed E-state index contributed by atoms with van der Waals surface area (Å²) in [6.45, 7) is -0.520. The number of ether oxygens (including phenoxy) is 1. The van der Waals surface area contributed by atoms with E-state index in [1.54, 1.807) is 17.7 Å². The summed E-state index contributed by atoms with van der Waals surface area (Å²) < 4.78 is 11.1. The minimum atomic E-state index is -0.786. The van der Waals surface area contributed by atoms with Crippen molar-refractivity contribution in [3.05, 3.63) is 81.6 Å². The van der Waals surface area contributed by atoms with E-state index >= 15 is 0 Å². The van der Waals surface area contributed by atoms with Gasteiger partial charge >= 0.3 is 5.69 Å². The number of para-hydroxylation sites is 2. The fourth-order valence-corrected chi connectivity index (χ4v) is 4.06. The van der Waals surface area contributed by atoms with Crippen molar-refractivity contribution in [1.82, 2.24) is 23.1 Å². The molecule has 0 spiro atoms. The van der Waals surface area contributed by atoms with Crippen LogP contribution in [0.25, 0.3) is 33.9 Å². The van der Waals surface area contributed by atoms with Crippen LogP contribution < -0.4 is 21.7 Å². The maximum Gasteiger partial charge on any atom is 0.332 e. The van der Waals surface area contributed by atoms with Gasteiger partial charge in [-0.1, -0.05) is 42.5 Å². The molecule has 10 nitrogen and oxygen atoms in total. The van der Waals surface area contributed by atoms with Crippen molar-refractivity contribution in [2.45, 2.75) is 6.54 Å². The van der Waals surface area contributed by atoms with Gasteiger partial charge in [-0.25, -0.2) is 9.36 Å². The summed E-state index contributed by atoms with van der Waals surface area (Å²) in [5, 5.41) is 0. The van der Waals surface area contributed by atoms with Crippen molar-refractivity contribution in [1.29, 1.82) is 0 Å². The first kappa shape index (κ1) is 20.3. The summed E-state index contributed by atoms with van der Waals surface area (Å²) in [5.41, 5.74) is 6.69. The predicted octanol–water partition coefficient (Wildman–Crippen LogP) is 1.30. The maximum absolute atomic E-state index is 13.3. The van der Waals surface area contributed by atoms with E-state index in [-0.39, 0.29) is 11.2 Å². The number of amides is 1. The summed E-state index contributed by atoms with van der Waals surface area (Å²) in [7, 11) is 3.08. The molecular weight excluding hydrogens is 424 g/mol. The summed E-state index contributed by atoms with van der Waals surface area (Å²) in [4.78, 5) is 42.2. The highest BCUT2D eigenvalue weighted by Gasteiger charge is 2.24. The predicted molar refractivity (Wildman–Crippen MR) is 123 cm³/mol. The highest BCUT2D eigenvalue weighted by atomic mass is 16.5. The SMILES string of the molecule is COc1ccccc1-n1c(-c2ccccc2)cn2c3c(=O)n(CC(N)=O)c(=O)n(C)c3nc12. The third-order valence-corrected chi connectivity index (χ3v) is 5.56. The maximum atomic E-state index is 13.3. The van der Waals surface area contributed by atoms with Crippen LogP contribution in [0.2, 0.25) is 0 Å². The van der Waals surface area contributed by atoms with Crippen molar-refractivity contribution >= 4 is 22.8 Å². The van der Waals surface area contributed by atoms with Gasteiger partial charge in [-0.2, -0.15) is 4.98 Å². The van der Waals surface area contributed by atoms with Crippen LogP contribution in [0.1, 0.15) is 0 Å². The van der Waals surface area contributed by atoms with Crippen molar-refractivity contribution in [2.24, 2.45) is 12.8 Å². The fourth-order valence-electron chi connectivity index (χ4n) is 4.06. The number of primary amides is 1. The molecule has 3 heterocycles. The largest absolute Gasteiger partial charge is 0.495 e. The zero-order valence-corrected chi connectivity index (χ0v) is 17.9. The van der Waals surface area contributed by atoms with Crippen molar-refractivity contribution in [2.75, 3.05) is 7.11 Å². The first-order chi connectivity index (χ1) is 15.9. The lowest BCUT2D eigenvalue weighted by molar-refractivity contribution is -0.118. The molecule has 10 heteroatoms. The van der Waals surface area contributed by atoms with Gasteiger partial charge in [0, 0.05) is 18.8 Å². The van der Waals surface area contributed by atoms with Gasteiger partial charge in [0.1, 0.15) is 12.3 Å². The lowest BCUT2D eigenvalue weighted by Crippen LogP contribution is -2.42. The van der Waals surface area contributed by atoms with Crippen LogP contribution in [0.3, 0.4) is 0 Å². The van der Waals surface area contributed by atoms with Gasteiger partial charge < -0.3 is 10.5 Å². The highest BCUT2D eigenvalue weighted by Crippen LogP contribution is 2.32. The summed E-state index contributed by atoms with van der Waals surface area (Å²) in [5.74, 6) is 0.239. The number of carbonyl (C=O) groups is 1. The average molecular weight is 444 g/mol. The smallest absolute Gasteiger partial charge is 0.332 e. The number of aryl methyl sites for hydroxylation is 1. The van der Waals surface area contributed by atoms with Gasteiger partial charge in [-0.05, 0) is 12.1 Å². The minimum Gasteiger partial charge on any atom is -0.495 e. The van der Waals surface area contributed by atoms with Crippen LogP contribution in [-0.4, -0.2) is 36.1 Å². The molecule has 0 aliphatic carbocycles. The molecule has 5 aromatic rings. The van der Waals surface area contributed by atoms with Gasteiger partial charge in [0.25, 0.3) is 5.56 Å². The second-order valence-electron chi connectivity index (χ2n) is 7.54. The van der Waals surface area contributed by atoms with Crippen molar-refractivity contribution in [3.8, 4) is 22.7 Å². The monoisotopic (exact) mass is 444 g/mol. The second-order valence-corrected chi connectivity index (χ2v) is 7.54. The van der Waals surface area contributed by atoms with Crippen molar-refractivity contribution < 1.29 is 9.53 Å². The Bertz CT molecular complexity index is 1660. The molecule has 1 amide bonds. The first-order valence-electron chi connectivity index (χ1n) is 10.1. The second kappa shape index (κ2) is 7.52. The Labute approximate surface area is 186 Å². The zero-order chi connectivity index (χ0) is 23.3. The Hall–Kier alpha value is -4.60. The molecule has 0 radical (unpaired) electrons. The lowest BCUT2D eigenvalue weighted by atomic mass is 10.1. The van der Waals surface area contributed by atoms with E-state index < -0.39 is 23.7 Å². The number of nitrogens with two attached hydrogens (primary N) is 1. The topological polar surface area (TPSA) is 119 Å². The van der Waals surface area contributed by atoms with Gasteiger partial charge in [0.15, 0.2) is 11.2 Å². The Balaban J connectivity index is 1.96. The number of benzene rings is 2. The molecule has 0 atom stereocenters. The normalized spacial score (nSPS) is 11.3. The quantitative estimate of drug-likeness (QED) is 0.438. The van der Waals surface area contributed by atoms with Gasteiger partial charge in [0.2, 0.25) is 11.7 Å². The van der Waals surface area contributed by atoms with Crippen LogP contribution in [-0.2, 0) is 18.4 Å². The third kappa shape index (κ3) is 3.03. The highest BCUT2D eigenvalue weighted by molar-refractivity contribution is 5.80. The number of imidazole rings is 2. The van der Waals surface area contributed by atoms with Gasteiger partial charge in [-0.15, -0.1) is 0 Å². The summed E-state index contributed by atoms with van der Waals surface area (Å²) in [6, 6.07) is 17.1. The number of hydrogen-bond donors (Lipinski definition) is 1. The number of hydrogen-bond acceptors (Lipinski definition) is 5. The average Bonchev–Trinajstić information content (AvgIpc) is 3.37. The van der Waals surface area contributed by atoms with Crippen LogP contribution in [0, 0.1) is 0 Å². The van der Waals surface area contributed by atoms with Crippen LogP contribution >= 0.6 is 0 Å². The molecule has 0 fully saturated rings. The van der Waals surface area contributed by atoms with Crippen LogP contribution in [0.4, 0.5) is 0 Å². The summed E-state index contributed by atoms with van der Waals surface area (Å²) >= 11 is 0. The van der Waals surface area contributed by atoms with Gasteiger partial charge in [0.05, 0.1) is 18.5 Å². The molecule has 3 aromatic heterocycles. The Morgan fingerprint density at radius 2 is 1.76 bits per heavy atom. The molecule has 5 rings (SSSR count). The molecule has 2 aromatic carbocycles. The Morgan fingerprint density at radius 3 is 2.45 bits per heavy atom. The molecular formula is C23H20N6O4. The van der Waals surface area contributed by atoms with E-state index in [0.29, 0.717) is 17.2 Å². The lowest BCUT2D eigenvalue weighted by Gasteiger charge is -2.13. The van der Waals surface area contributed by atoms with Gasteiger partial charge in [-0.3, -0.25) is 23.1 Å². The van der Waals surface area contributed by atoms with E-state index in [1.807, 2.05) is 59.2 Å². The van der Waals surface area contributed by atoms with E-state index in [9.17, 15) is 14.4 Å². The molecule has 0 saturated carbocycles. The molecule has 0 unspecified atom stereocenters. The molecule has 0 bridgehead atoms. The van der Waals surface area contributed by atoms with Crippen molar-refractivity contribution in [3.63, 3.8) is 0 Å². The minimum absolute atomic E-state index is 0.166. The number of aromatic nitrogens is 5. The molecule has 0 aliphatic heterocycles. The third-order valence-electron chi connectivity index (χ3n) is 5.56. The van der Waals surface area contributed by atoms with Crippen LogP contribution in [0.5, 0.6) is 5.75 Å². The Kier molecular flexibility index (Phi) is 4.63. The Morgan fingerprint density at radius 1 is 1.06 bits per heavy atom. The van der Waals surface area contributed by atoms with Crippen LogP contribution in [0.15, 0.2) is 70.4 Å². The summed E-state index contributed by atoms with van der Waals surface area (Å²) in [6.07, 6.45) is 1.78. The standard InChI is InChI=1S/C23H20N6O4/c1-26-20-19(21(31)28(23(26)32)13-18(24)30)27-12-16(14-8-4-3-5-9-14)29(22(27)25-20)15-10-6-7-11-17(15)33-2/h3-12H,13H2,1-2H3,(H2,24,30). The van der Waals surface area contributed by atoms with E-state index in [1.165, 1.54) is 11.6 Å².